The van der Waals surface area contributed by atoms with Crippen LogP contribution in [-0.2, 0) is 10.0 Å². The fourth-order valence-electron chi connectivity index (χ4n) is 1.14. The summed E-state index contributed by atoms with van der Waals surface area (Å²) in [6.07, 6.45) is 0. The molecule has 0 heterocycles. The number of nitrogen functional groups attached to an aromatic ring is 1. The average Bonchev–Trinajstić information content (AvgIpc) is 2.20. The van der Waals surface area contributed by atoms with Crippen LogP contribution < -0.4 is 10.5 Å². The molecular weight excluding hydrogens is 264 g/mol. The van der Waals surface area contributed by atoms with Crippen molar-refractivity contribution in [2.24, 2.45) is 0 Å². The predicted octanol–water partition coefficient (Wildman–Crippen LogP) is 0.971. The van der Waals surface area contributed by atoms with Gasteiger partial charge in [0, 0.05) is 0 Å². The summed E-state index contributed by atoms with van der Waals surface area (Å²) in [4.78, 5) is 0.0147. The van der Waals surface area contributed by atoms with Crippen molar-refractivity contribution in [1.29, 1.82) is 0 Å². The lowest BCUT2D eigenvalue weighted by Gasteiger charge is -2.23. The van der Waals surface area contributed by atoms with Crippen LogP contribution in [0.25, 0.3) is 0 Å². The van der Waals surface area contributed by atoms with Gasteiger partial charge < -0.3 is 10.8 Å². The van der Waals surface area contributed by atoms with Crippen molar-refractivity contribution < 1.29 is 13.5 Å². The topological polar surface area (TPSA) is 92.4 Å². The number of nitrogens with two attached hydrogens (primary N) is 1. The van der Waals surface area contributed by atoms with Crippen LogP contribution in [0.15, 0.2) is 23.1 Å². The van der Waals surface area contributed by atoms with Crippen LogP contribution >= 0.6 is 11.6 Å². The summed E-state index contributed by atoms with van der Waals surface area (Å²) >= 11 is 5.71. The Labute approximate surface area is 106 Å². The Balaban J connectivity index is 3.10. The summed E-state index contributed by atoms with van der Waals surface area (Å²) < 4.78 is 26.3. The van der Waals surface area contributed by atoms with Crippen molar-refractivity contribution >= 4 is 27.3 Å². The van der Waals surface area contributed by atoms with Crippen molar-refractivity contribution in [2.75, 3.05) is 12.3 Å². The van der Waals surface area contributed by atoms with Crippen LogP contribution in [0.3, 0.4) is 0 Å². The maximum atomic E-state index is 11.9. The van der Waals surface area contributed by atoms with Crippen molar-refractivity contribution in [3.8, 4) is 0 Å². The lowest BCUT2D eigenvalue weighted by atomic mass is 10.1. The molecule has 0 aromatic heterocycles. The zero-order valence-electron chi connectivity index (χ0n) is 9.57. The maximum Gasteiger partial charge on any atom is 0.241 e. The molecule has 0 spiro atoms. The SMILES string of the molecule is CC(C)(CO)NS(=O)(=O)c1ccc(Cl)c(N)c1. The highest BCUT2D eigenvalue weighted by molar-refractivity contribution is 7.89. The molecule has 1 aromatic carbocycles. The molecule has 0 bridgehead atoms. The third kappa shape index (κ3) is 3.57. The van der Waals surface area contributed by atoms with Crippen LogP contribution in [0.2, 0.25) is 5.02 Å². The van der Waals surface area contributed by atoms with E-state index in [0.29, 0.717) is 5.02 Å². The zero-order valence-corrected chi connectivity index (χ0v) is 11.1. The number of aliphatic hydroxyl groups is 1. The minimum atomic E-state index is -3.72. The number of hydrogen-bond donors (Lipinski definition) is 3. The predicted molar refractivity (Wildman–Crippen MR) is 67.4 cm³/mol. The molecule has 5 nitrogen and oxygen atoms in total. The lowest BCUT2D eigenvalue weighted by molar-refractivity contribution is 0.208. The number of hydrogen-bond acceptors (Lipinski definition) is 4. The van der Waals surface area contributed by atoms with Crippen LogP contribution in [0.1, 0.15) is 13.8 Å². The Hall–Kier alpha value is -0.820. The molecule has 0 unspecified atom stereocenters. The standard InChI is InChI=1S/C10H15ClN2O3S/c1-10(2,6-14)13-17(15,16)7-3-4-8(11)9(12)5-7/h3-5,13-14H,6,12H2,1-2H3. The van der Waals surface area contributed by atoms with E-state index in [1.165, 1.54) is 18.2 Å². The number of sulfonamides is 1. The molecule has 0 saturated heterocycles. The Kier molecular flexibility index (Phi) is 4.03. The van der Waals surface area contributed by atoms with E-state index < -0.39 is 15.6 Å². The molecule has 0 radical (unpaired) electrons. The molecular formula is C10H15ClN2O3S. The summed E-state index contributed by atoms with van der Waals surface area (Å²) in [5.74, 6) is 0. The van der Waals surface area contributed by atoms with Gasteiger partial charge in [0.2, 0.25) is 10.0 Å². The first-order valence-corrected chi connectivity index (χ1v) is 6.74. The van der Waals surface area contributed by atoms with E-state index in [1.807, 2.05) is 0 Å². The number of nitrogens with one attached hydrogen (secondary N) is 1. The summed E-state index contributed by atoms with van der Waals surface area (Å²) in [7, 11) is -3.72. The normalized spacial score (nSPS) is 12.7. The Morgan fingerprint density at radius 2 is 2.06 bits per heavy atom. The highest BCUT2D eigenvalue weighted by Crippen LogP contribution is 2.22. The van der Waals surface area contributed by atoms with Crippen LogP contribution in [0.4, 0.5) is 5.69 Å². The summed E-state index contributed by atoms with van der Waals surface area (Å²) in [5, 5.41) is 9.33. The molecule has 0 aliphatic rings. The van der Waals surface area contributed by atoms with E-state index >= 15 is 0 Å². The molecule has 0 aliphatic carbocycles. The van der Waals surface area contributed by atoms with E-state index in [1.54, 1.807) is 13.8 Å². The molecule has 0 saturated carbocycles. The molecule has 96 valence electrons. The highest BCUT2D eigenvalue weighted by Gasteiger charge is 2.25. The van der Waals surface area contributed by atoms with Crippen LogP contribution in [-0.4, -0.2) is 25.7 Å². The van der Waals surface area contributed by atoms with Crippen molar-refractivity contribution in [2.45, 2.75) is 24.3 Å². The van der Waals surface area contributed by atoms with E-state index in [-0.39, 0.29) is 17.2 Å². The fourth-order valence-corrected chi connectivity index (χ4v) is 2.70. The zero-order chi connectivity index (χ0) is 13.3. The van der Waals surface area contributed by atoms with Gasteiger partial charge in [0.05, 0.1) is 27.8 Å². The number of benzene rings is 1. The third-order valence-electron chi connectivity index (χ3n) is 2.08. The summed E-state index contributed by atoms with van der Waals surface area (Å²) in [6.45, 7) is 2.84. The van der Waals surface area contributed by atoms with E-state index in [9.17, 15) is 8.42 Å². The smallest absolute Gasteiger partial charge is 0.241 e. The van der Waals surface area contributed by atoms with E-state index in [2.05, 4.69) is 4.72 Å². The molecule has 0 atom stereocenters. The van der Waals surface area contributed by atoms with Gasteiger partial charge in [0.25, 0.3) is 0 Å². The second-order valence-corrected chi connectivity index (χ2v) is 6.42. The molecule has 1 rings (SSSR count). The van der Waals surface area contributed by atoms with Gasteiger partial charge in [-0.3, -0.25) is 0 Å². The molecule has 1 aromatic rings. The number of anilines is 1. The van der Waals surface area contributed by atoms with Gasteiger partial charge in [-0.2, -0.15) is 0 Å². The van der Waals surface area contributed by atoms with E-state index in [4.69, 9.17) is 22.4 Å². The van der Waals surface area contributed by atoms with Crippen LogP contribution in [0.5, 0.6) is 0 Å². The second-order valence-electron chi connectivity index (χ2n) is 4.33. The van der Waals surface area contributed by atoms with Gasteiger partial charge in [0.1, 0.15) is 0 Å². The largest absolute Gasteiger partial charge is 0.397 e. The third-order valence-corrected chi connectivity index (χ3v) is 4.12. The molecule has 0 amide bonds. The minimum Gasteiger partial charge on any atom is -0.397 e. The van der Waals surface area contributed by atoms with Gasteiger partial charge in [-0.25, -0.2) is 13.1 Å². The molecule has 17 heavy (non-hydrogen) atoms. The highest BCUT2D eigenvalue weighted by atomic mass is 35.5. The van der Waals surface area contributed by atoms with Crippen molar-refractivity contribution in [3.05, 3.63) is 23.2 Å². The molecule has 7 heteroatoms. The maximum absolute atomic E-state index is 11.9. The number of aliphatic hydroxyl groups excluding tert-OH is 1. The molecule has 4 N–H and O–H groups in total. The quantitative estimate of drug-likeness (QED) is 0.716. The first kappa shape index (κ1) is 14.2. The van der Waals surface area contributed by atoms with E-state index in [0.717, 1.165) is 0 Å². The lowest BCUT2D eigenvalue weighted by Crippen LogP contribution is -2.46. The Bertz CT molecular complexity index is 514. The monoisotopic (exact) mass is 278 g/mol. The number of rotatable bonds is 4. The summed E-state index contributed by atoms with van der Waals surface area (Å²) in [5.41, 5.74) is 4.79. The van der Waals surface area contributed by atoms with Gasteiger partial charge in [-0.1, -0.05) is 11.6 Å². The van der Waals surface area contributed by atoms with Crippen LogP contribution in [0, 0.1) is 0 Å². The number of halogens is 1. The van der Waals surface area contributed by atoms with Gasteiger partial charge in [0.15, 0.2) is 0 Å². The summed E-state index contributed by atoms with van der Waals surface area (Å²) in [6, 6.07) is 4.05. The Morgan fingerprint density at radius 3 is 2.53 bits per heavy atom. The van der Waals surface area contributed by atoms with Crippen molar-refractivity contribution in [1.82, 2.24) is 4.72 Å². The van der Waals surface area contributed by atoms with Crippen molar-refractivity contribution in [3.63, 3.8) is 0 Å². The van der Waals surface area contributed by atoms with Gasteiger partial charge in [-0.05, 0) is 32.0 Å². The Morgan fingerprint density at radius 1 is 1.47 bits per heavy atom. The van der Waals surface area contributed by atoms with Gasteiger partial charge >= 0.3 is 0 Å². The minimum absolute atomic E-state index is 0.0147. The molecule has 0 aliphatic heterocycles. The molecule has 0 fully saturated rings. The average molecular weight is 279 g/mol. The van der Waals surface area contributed by atoms with Gasteiger partial charge in [-0.15, -0.1) is 0 Å². The first-order chi connectivity index (χ1) is 7.68. The fraction of sp³-hybridized carbons (Fsp3) is 0.400. The second kappa shape index (κ2) is 4.81. The first-order valence-electron chi connectivity index (χ1n) is 4.88.